The lowest BCUT2D eigenvalue weighted by molar-refractivity contribution is 0.383. The van der Waals surface area contributed by atoms with E-state index in [1.54, 1.807) is 24.3 Å². The van der Waals surface area contributed by atoms with Crippen molar-refractivity contribution in [3.8, 4) is 5.75 Å². The zero-order valence-electron chi connectivity index (χ0n) is 15.2. The number of benzene rings is 2. The minimum Gasteiger partial charge on any atom is -0.497 e. The minimum atomic E-state index is -3.60. The van der Waals surface area contributed by atoms with Crippen LogP contribution in [0.15, 0.2) is 53.7 Å². The molecule has 1 aromatic heterocycles. The summed E-state index contributed by atoms with van der Waals surface area (Å²) < 4.78 is 46.6. The number of piperazine rings is 1. The van der Waals surface area contributed by atoms with E-state index in [0.717, 1.165) is 0 Å². The van der Waals surface area contributed by atoms with Gasteiger partial charge in [-0.2, -0.15) is 4.31 Å². The Morgan fingerprint density at radius 1 is 1.00 bits per heavy atom. The van der Waals surface area contributed by atoms with Crippen LogP contribution in [0, 0.1) is 5.82 Å². The molecule has 1 aliphatic heterocycles. The molecule has 0 saturated carbocycles. The van der Waals surface area contributed by atoms with Crippen molar-refractivity contribution in [2.75, 3.05) is 38.2 Å². The molecule has 1 saturated heterocycles. The molecule has 4 rings (SSSR count). The minimum absolute atomic E-state index is 0.222. The molecule has 0 atom stereocenters. The van der Waals surface area contributed by atoms with Crippen LogP contribution in [0.2, 0.25) is 0 Å². The van der Waals surface area contributed by atoms with Crippen LogP contribution in [0.5, 0.6) is 5.75 Å². The van der Waals surface area contributed by atoms with Gasteiger partial charge in [-0.25, -0.2) is 22.8 Å². The molecule has 0 N–H and O–H groups in total. The average molecular weight is 402 g/mol. The number of hydrogen-bond acceptors (Lipinski definition) is 6. The largest absolute Gasteiger partial charge is 0.497 e. The van der Waals surface area contributed by atoms with Crippen LogP contribution in [0.25, 0.3) is 10.9 Å². The molecule has 28 heavy (non-hydrogen) atoms. The number of nitrogens with zero attached hydrogens (tertiary/aromatic N) is 4. The van der Waals surface area contributed by atoms with E-state index in [1.165, 1.54) is 35.9 Å². The lowest BCUT2D eigenvalue weighted by Crippen LogP contribution is -2.49. The summed E-state index contributed by atoms with van der Waals surface area (Å²) in [4.78, 5) is 10.5. The van der Waals surface area contributed by atoms with E-state index in [0.29, 0.717) is 35.6 Å². The number of anilines is 1. The van der Waals surface area contributed by atoms with Crippen molar-refractivity contribution in [2.45, 2.75) is 4.90 Å². The first-order chi connectivity index (χ1) is 13.5. The molecule has 2 aromatic carbocycles. The fourth-order valence-electron chi connectivity index (χ4n) is 3.33. The second-order valence-corrected chi connectivity index (χ2v) is 8.34. The normalized spacial score (nSPS) is 15.7. The molecule has 1 fully saturated rings. The Bertz CT molecular complexity index is 1090. The number of hydrogen-bond donors (Lipinski definition) is 0. The van der Waals surface area contributed by atoms with Crippen molar-refractivity contribution in [1.29, 1.82) is 0 Å². The van der Waals surface area contributed by atoms with Gasteiger partial charge in [0.05, 0.1) is 22.9 Å². The number of halogens is 1. The van der Waals surface area contributed by atoms with E-state index in [-0.39, 0.29) is 23.8 Å². The maximum absolute atomic E-state index is 14.3. The molecule has 0 aliphatic carbocycles. The molecule has 1 aliphatic rings. The highest BCUT2D eigenvalue weighted by molar-refractivity contribution is 7.89. The molecule has 3 aromatic rings. The van der Waals surface area contributed by atoms with E-state index in [9.17, 15) is 12.8 Å². The molecule has 0 bridgehead atoms. The number of aromatic nitrogens is 2. The zero-order valence-corrected chi connectivity index (χ0v) is 16.1. The summed E-state index contributed by atoms with van der Waals surface area (Å²) in [5, 5.41) is 0.358. The average Bonchev–Trinajstić information content (AvgIpc) is 2.74. The number of ether oxygens (including phenoxy) is 1. The Morgan fingerprint density at radius 3 is 2.39 bits per heavy atom. The summed E-state index contributed by atoms with van der Waals surface area (Å²) in [6.07, 6.45) is 1.40. The summed E-state index contributed by atoms with van der Waals surface area (Å²) in [5.74, 6) is 0.701. The highest BCUT2D eigenvalue weighted by Crippen LogP contribution is 2.27. The summed E-state index contributed by atoms with van der Waals surface area (Å²) in [5.41, 5.74) is 0.526. The van der Waals surface area contributed by atoms with Gasteiger partial charge in [0.2, 0.25) is 10.0 Å². The van der Waals surface area contributed by atoms with Crippen LogP contribution in [0.3, 0.4) is 0 Å². The van der Waals surface area contributed by atoms with Gasteiger partial charge in [0.25, 0.3) is 0 Å². The van der Waals surface area contributed by atoms with Crippen molar-refractivity contribution >= 4 is 26.7 Å². The molecule has 0 unspecified atom stereocenters. The molecule has 0 amide bonds. The van der Waals surface area contributed by atoms with Gasteiger partial charge in [-0.15, -0.1) is 0 Å². The Morgan fingerprint density at radius 2 is 1.71 bits per heavy atom. The fraction of sp³-hybridized carbons (Fsp3) is 0.263. The molecule has 9 heteroatoms. The number of methoxy groups -OCH3 is 1. The monoisotopic (exact) mass is 402 g/mol. The molecular formula is C19H19FN4O3S. The standard InChI is InChI=1S/C19H19FN4O3S/c1-27-14-5-7-15(8-6-14)28(25,26)24-11-9-23(10-12-24)19-18-16(20)3-2-4-17(18)21-13-22-19/h2-8,13H,9-12H2,1H3. The summed E-state index contributed by atoms with van der Waals surface area (Å²) in [6, 6.07) is 11.0. The van der Waals surface area contributed by atoms with Crippen LogP contribution in [0.4, 0.5) is 10.2 Å². The maximum atomic E-state index is 14.3. The third kappa shape index (κ3) is 3.27. The topological polar surface area (TPSA) is 75.6 Å². The third-order valence-electron chi connectivity index (χ3n) is 4.83. The van der Waals surface area contributed by atoms with E-state index < -0.39 is 10.0 Å². The van der Waals surface area contributed by atoms with Crippen molar-refractivity contribution in [3.05, 3.63) is 54.6 Å². The number of rotatable bonds is 4. The predicted octanol–water partition coefficient (Wildman–Crippen LogP) is 2.29. The van der Waals surface area contributed by atoms with Crippen LogP contribution < -0.4 is 9.64 Å². The van der Waals surface area contributed by atoms with Crippen LogP contribution in [-0.2, 0) is 10.0 Å². The van der Waals surface area contributed by atoms with Crippen LogP contribution >= 0.6 is 0 Å². The Labute approximate surface area is 162 Å². The van der Waals surface area contributed by atoms with Gasteiger partial charge >= 0.3 is 0 Å². The number of fused-ring (bicyclic) bond motifs is 1. The summed E-state index contributed by atoms with van der Waals surface area (Å²) >= 11 is 0. The van der Waals surface area contributed by atoms with Crippen LogP contribution in [0.1, 0.15) is 0 Å². The van der Waals surface area contributed by atoms with Gasteiger partial charge in [0.15, 0.2) is 0 Å². The van der Waals surface area contributed by atoms with E-state index >= 15 is 0 Å². The summed E-state index contributed by atoms with van der Waals surface area (Å²) in [7, 11) is -2.07. The maximum Gasteiger partial charge on any atom is 0.243 e. The van der Waals surface area contributed by atoms with Gasteiger partial charge in [-0.05, 0) is 36.4 Å². The van der Waals surface area contributed by atoms with E-state index in [2.05, 4.69) is 9.97 Å². The molecule has 146 valence electrons. The van der Waals surface area contributed by atoms with Gasteiger partial charge < -0.3 is 9.64 Å². The highest BCUT2D eigenvalue weighted by atomic mass is 32.2. The quantitative estimate of drug-likeness (QED) is 0.667. The van der Waals surface area contributed by atoms with Gasteiger partial charge in [0, 0.05) is 26.2 Å². The molecule has 0 spiro atoms. The SMILES string of the molecule is COc1ccc(S(=O)(=O)N2CCN(c3ncnc4cccc(F)c34)CC2)cc1. The lowest BCUT2D eigenvalue weighted by atomic mass is 10.2. The molecule has 0 radical (unpaired) electrons. The second-order valence-electron chi connectivity index (χ2n) is 6.40. The van der Waals surface area contributed by atoms with E-state index in [1.807, 2.05) is 4.90 Å². The van der Waals surface area contributed by atoms with Crippen molar-refractivity contribution < 1.29 is 17.5 Å². The van der Waals surface area contributed by atoms with E-state index in [4.69, 9.17) is 4.74 Å². The smallest absolute Gasteiger partial charge is 0.243 e. The number of sulfonamides is 1. The lowest BCUT2D eigenvalue weighted by Gasteiger charge is -2.35. The third-order valence-corrected chi connectivity index (χ3v) is 6.74. The first-order valence-corrected chi connectivity index (χ1v) is 10.2. The van der Waals surface area contributed by atoms with Gasteiger partial charge in [0.1, 0.15) is 23.7 Å². The van der Waals surface area contributed by atoms with Crippen molar-refractivity contribution in [1.82, 2.24) is 14.3 Å². The van der Waals surface area contributed by atoms with Gasteiger partial charge in [-0.1, -0.05) is 6.07 Å². The second kappa shape index (κ2) is 7.33. The first kappa shape index (κ1) is 18.6. The molecule has 7 nitrogen and oxygen atoms in total. The Kier molecular flexibility index (Phi) is 4.86. The summed E-state index contributed by atoms with van der Waals surface area (Å²) in [6.45, 7) is 1.40. The Hall–Kier alpha value is -2.78. The first-order valence-electron chi connectivity index (χ1n) is 8.79. The molecular weight excluding hydrogens is 383 g/mol. The predicted molar refractivity (Wildman–Crippen MR) is 103 cm³/mol. The fourth-order valence-corrected chi connectivity index (χ4v) is 4.75. The Balaban J connectivity index is 1.55. The molecule has 2 heterocycles. The van der Waals surface area contributed by atoms with Crippen molar-refractivity contribution in [2.24, 2.45) is 0 Å². The van der Waals surface area contributed by atoms with Gasteiger partial charge in [-0.3, -0.25) is 0 Å². The zero-order chi connectivity index (χ0) is 19.7. The van der Waals surface area contributed by atoms with Crippen LogP contribution in [-0.4, -0.2) is 56.0 Å². The van der Waals surface area contributed by atoms with Crippen molar-refractivity contribution in [3.63, 3.8) is 0 Å². The highest BCUT2D eigenvalue weighted by Gasteiger charge is 2.29.